The summed E-state index contributed by atoms with van der Waals surface area (Å²) in [5.41, 5.74) is 0.807. The summed E-state index contributed by atoms with van der Waals surface area (Å²) in [5, 5.41) is 0. The fraction of sp³-hybridized carbons (Fsp3) is 0.778. The lowest BCUT2D eigenvalue weighted by atomic mass is 10.0. The maximum absolute atomic E-state index is 12.9. The van der Waals surface area contributed by atoms with Crippen molar-refractivity contribution >= 4 is 11.9 Å². The van der Waals surface area contributed by atoms with Gasteiger partial charge in [0.25, 0.3) is 0 Å². The normalized spacial score (nSPS) is 28.0. The molecular weight excluding hydrogens is 377 g/mol. The van der Waals surface area contributed by atoms with E-state index in [1.807, 2.05) is 0 Å². The number of halogens is 3. The largest absolute Gasteiger partial charge is 0.451 e. The predicted molar refractivity (Wildman–Crippen MR) is 96.3 cm³/mol. The molecule has 0 radical (unpaired) electrons. The molecule has 4 rings (SSSR count). The summed E-state index contributed by atoms with van der Waals surface area (Å²) in [7, 11) is 0. The number of ether oxygens (including phenoxy) is 1. The Labute approximate surface area is 161 Å². The van der Waals surface area contributed by atoms with Crippen LogP contribution in [-0.4, -0.2) is 64.6 Å². The van der Waals surface area contributed by atoms with Crippen LogP contribution in [0.5, 0.6) is 0 Å². The molecule has 2 unspecified atom stereocenters. The van der Waals surface area contributed by atoms with Crippen molar-refractivity contribution in [3.8, 4) is 0 Å². The lowest BCUT2D eigenvalue weighted by molar-refractivity contribution is -0.145. The molecule has 9 heteroatoms. The first-order valence-electron chi connectivity index (χ1n) is 9.48. The van der Waals surface area contributed by atoms with Gasteiger partial charge < -0.3 is 4.74 Å². The third-order valence-electron chi connectivity index (χ3n) is 5.87. The van der Waals surface area contributed by atoms with E-state index >= 15 is 0 Å². The van der Waals surface area contributed by atoms with Gasteiger partial charge >= 0.3 is 6.18 Å². The first-order valence-corrected chi connectivity index (χ1v) is 10.3. The molecule has 1 aromatic rings. The Morgan fingerprint density at radius 1 is 0.963 bits per heavy atom. The zero-order valence-corrected chi connectivity index (χ0v) is 16.4. The number of alkyl halides is 3. The van der Waals surface area contributed by atoms with Crippen LogP contribution in [0.25, 0.3) is 0 Å². The summed E-state index contributed by atoms with van der Waals surface area (Å²) in [5.74, 6) is 0.222. The van der Waals surface area contributed by atoms with Crippen molar-refractivity contribution in [1.29, 1.82) is 0 Å². The van der Waals surface area contributed by atoms with Gasteiger partial charge in [-0.1, -0.05) is 0 Å². The monoisotopic (exact) mass is 402 g/mol. The Balaban J connectivity index is 1.38. The van der Waals surface area contributed by atoms with Crippen LogP contribution in [-0.2, 0) is 10.9 Å². The molecule has 2 atom stereocenters. The average Bonchev–Trinajstić information content (AvgIpc) is 3.16. The summed E-state index contributed by atoms with van der Waals surface area (Å²) in [6.45, 7) is 9.17. The molecule has 0 N–H and O–H groups in total. The van der Waals surface area contributed by atoms with Crippen LogP contribution in [0.4, 0.5) is 13.2 Å². The van der Waals surface area contributed by atoms with E-state index in [4.69, 9.17) is 4.74 Å². The standard InChI is InChI=1S/C18H25F3N4OS/c1-11-16(12(2)23-17(22-11)18(19,20)21)27-25-9-13-7-24(8-14(13)10-25)15-3-5-26-6-4-15/h13-15H,3-10H2,1-2H3. The Bertz CT molecular complexity index is 659. The average molecular weight is 402 g/mol. The fourth-order valence-corrected chi connectivity index (χ4v) is 5.65. The second-order valence-corrected chi connectivity index (χ2v) is 8.91. The van der Waals surface area contributed by atoms with Gasteiger partial charge in [0.2, 0.25) is 5.82 Å². The van der Waals surface area contributed by atoms with Crippen LogP contribution in [0, 0.1) is 25.7 Å². The highest BCUT2D eigenvalue weighted by Gasteiger charge is 2.43. The number of hydrogen-bond acceptors (Lipinski definition) is 6. The minimum atomic E-state index is -4.50. The molecule has 27 heavy (non-hydrogen) atoms. The first-order chi connectivity index (χ1) is 12.8. The molecule has 0 amide bonds. The molecule has 0 aliphatic carbocycles. The molecule has 0 bridgehead atoms. The number of rotatable bonds is 3. The SMILES string of the molecule is Cc1nc(C(F)(F)F)nc(C)c1SN1CC2CN(C3CCOCC3)CC2C1. The number of aromatic nitrogens is 2. The van der Waals surface area contributed by atoms with Gasteiger partial charge in [-0.05, 0) is 50.5 Å². The van der Waals surface area contributed by atoms with Gasteiger partial charge in [-0.25, -0.2) is 14.3 Å². The number of nitrogens with zero attached hydrogens (tertiary/aromatic N) is 4. The third kappa shape index (κ3) is 4.11. The van der Waals surface area contributed by atoms with Crippen LogP contribution in [0.15, 0.2) is 4.90 Å². The zero-order valence-electron chi connectivity index (χ0n) is 15.6. The summed E-state index contributed by atoms with van der Waals surface area (Å²) in [6, 6.07) is 0.651. The molecule has 4 heterocycles. The quantitative estimate of drug-likeness (QED) is 0.724. The van der Waals surface area contributed by atoms with Crippen molar-refractivity contribution in [2.24, 2.45) is 11.8 Å². The van der Waals surface area contributed by atoms with E-state index in [0.717, 1.165) is 57.1 Å². The molecule has 5 nitrogen and oxygen atoms in total. The van der Waals surface area contributed by atoms with Crippen LogP contribution in [0.2, 0.25) is 0 Å². The van der Waals surface area contributed by atoms with Crippen molar-refractivity contribution < 1.29 is 17.9 Å². The van der Waals surface area contributed by atoms with E-state index in [-0.39, 0.29) is 0 Å². The third-order valence-corrected chi connectivity index (χ3v) is 7.20. The summed E-state index contributed by atoms with van der Waals surface area (Å²) >= 11 is 1.52. The minimum Gasteiger partial charge on any atom is -0.381 e. The van der Waals surface area contributed by atoms with Crippen molar-refractivity contribution in [1.82, 2.24) is 19.2 Å². The lowest BCUT2D eigenvalue weighted by Gasteiger charge is -2.32. The maximum atomic E-state index is 12.9. The molecule has 3 saturated heterocycles. The van der Waals surface area contributed by atoms with Crippen LogP contribution >= 0.6 is 11.9 Å². The highest BCUT2D eigenvalue weighted by atomic mass is 32.2. The van der Waals surface area contributed by atoms with Crippen molar-refractivity contribution in [3.63, 3.8) is 0 Å². The summed E-state index contributed by atoms with van der Waals surface area (Å²) < 4.78 is 46.4. The Morgan fingerprint density at radius 2 is 1.52 bits per heavy atom. The lowest BCUT2D eigenvalue weighted by Crippen LogP contribution is -2.39. The molecular formula is C18H25F3N4OS. The van der Waals surface area contributed by atoms with Gasteiger partial charge in [-0.3, -0.25) is 4.90 Å². The van der Waals surface area contributed by atoms with Crippen molar-refractivity contribution in [3.05, 3.63) is 17.2 Å². The molecule has 0 aromatic carbocycles. The van der Waals surface area contributed by atoms with Crippen LogP contribution in [0.3, 0.4) is 0 Å². The maximum Gasteiger partial charge on any atom is 0.451 e. The van der Waals surface area contributed by atoms with E-state index in [0.29, 0.717) is 29.3 Å². The Hall–Kier alpha value is -0.900. The van der Waals surface area contributed by atoms with E-state index in [1.165, 1.54) is 11.9 Å². The van der Waals surface area contributed by atoms with Gasteiger partial charge in [0.15, 0.2) is 0 Å². The number of hydrogen-bond donors (Lipinski definition) is 0. The fourth-order valence-electron chi connectivity index (χ4n) is 4.50. The number of fused-ring (bicyclic) bond motifs is 1. The van der Waals surface area contributed by atoms with Gasteiger partial charge in [0.1, 0.15) is 0 Å². The second-order valence-electron chi connectivity index (χ2n) is 7.80. The van der Waals surface area contributed by atoms with Gasteiger partial charge in [-0.2, -0.15) is 13.2 Å². The van der Waals surface area contributed by atoms with Gasteiger partial charge in [0.05, 0.1) is 16.3 Å². The summed E-state index contributed by atoms with van der Waals surface area (Å²) in [6.07, 6.45) is -2.25. The second kappa shape index (κ2) is 7.50. The molecule has 1 aromatic heterocycles. The van der Waals surface area contributed by atoms with Crippen LogP contribution < -0.4 is 0 Å². The first kappa shape index (κ1) is 19.4. The minimum absolute atomic E-state index is 0.403. The van der Waals surface area contributed by atoms with Gasteiger partial charge in [-0.15, -0.1) is 0 Å². The highest BCUT2D eigenvalue weighted by Crippen LogP contribution is 2.40. The van der Waals surface area contributed by atoms with E-state index in [9.17, 15) is 13.2 Å². The Morgan fingerprint density at radius 3 is 2.04 bits per heavy atom. The number of likely N-dealkylation sites (tertiary alicyclic amines) is 1. The highest BCUT2D eigenvalue weighted by molar-refractivity contribution is 7.97. The molecule has 0 spiro atoms. The topological polar surface area (TPSA) is 41.5 Å². The zero-order chi connectivity index (χ0) is 19.2. The Kier molecular flexibility index (Phi) is 5.39. The van der Waals surface area contributed by atoms with E-state index in [2.05, 4.69) is 19.2 Å². The van der Waals surface area contributed by atoms with Crippen molar-refractivity contribution in [2.45, 2.75) is 43.8 Å². The van der Waals surface area contributed by atoms with Gasteiger partial charge in [0, 0.05) is 45.4 Å². The molecule has 3 aliphatic heterocycles. The molecule has 150 valence electrons. The van der Waals surface area contributed by atoms with Crippen molar-refractivity contribution in [2.75, 3.05) is 39.4 Å². The smallest absolute Gasteiger partial charge is 0.381 e. The summed E-state index contributed by atoms with van der Waals surface area (Å²) in [4.78, 5) is 10.8. The van der Waals surface area contributed by atoms with Crippen LogP contribution in [0.1, 0.15) is 30.1 Å². The predicted octanol–water partition coefficient (Wildman–Crippen LogP) is 3.16. The number of aryl methyl sites for hydroxylation is 2. The molecule has 0 saturated carbocycles. The van der Waals surface area contributed by atoms with E-state index < -0.39 is 12.0 Å². The molecule has 3 fully saturated rings. The molecule has 3 aliphatic rings. The van der Waals surface area contributed by atoms with E-state index in [1.54, 1.807) is 13.8 Å².